The first-order valence-corrected chi connectivity index (χ1v) is 8.77. The molecule has 1 saturated heterocycles. The van der Waals surface area contributed by atoms with Gasteiger partial charge in [-0.3, -0.25) is 9.88 Å². The van der Waals surface area contributed by atoms with Crippen LogP contribution in [-0.4, -0.2) is 35.1 Å². The van der Waals surface area contributed by atoms with Gasteiger partial charge in [-0.25, -0.2) is 0 Å². The molecule has 0 amide bonds. The Morgan fingerprint density at radius 3 is 2.62 bits per heavy atom. The molecule has 21 heavy (non-hydrogen) atoms. The number of pyridine rings is 1. The van der Waals surface area contributed by atoms with Crippen LogP contribution in [0.25, 0.3) is 0 Å². The van der Waals surface area contributed by atoms with Crippen molar-refractivity contribution in [1.29, 1.82) is 0 Å². The summed E-state index contributed by atoms with van der Waals surface area (Å²) >= 11 is 0. The second kappa shape index (κ2) is 7.37. The molecule has 0 radical (unpaired) electrons. The third kappa shape index (κ3) is 3.64. The maximum Gasteiger partial charge on any atom is 0.0352 e. The molecule has 1 aliphatic carbocycles. The van der Waals surface area contributed by atoms with E-state index in [0.717, 1.165) is 12.1 Å². The fourth-order valence-electron chi connectivity index (χ4n) is 4.13. The van der Waals surface area contributed by atoms with Crippen LogP contribution in [0.2, 0.25) is 0 Å². The van der Waals surface area contributed by atoms with Gasteiger partial charge in [0.15, 0.2) is 0 Å². The third-order valence-electron chi connectivity index (χ3n) is 5.23. The zero-order valence-corrected chi connectivity index (χ0v) is 13.3. The minimum Gasteiger partial charge on any atom is -0.314 e. The van der Waals surface area contributed by atoms with Crippen molar-refractivity contribution in [1.82, 2.24) is 15.2 Å². The summed E-state index contributed by atoms with van der Waals surface area (Å²) in [4.78, 5) is 6.95. The van der Waals surface area contributed by atoms with Crippen molar-refractivity contribution in [2.24, 2.45) is 0 Å². The van der Waals surface area contributed by atoms with Crippen molar-refractivity contribution >= 4 is 0 Å². The van der Waals surface area contributed by atoms with Crippen molar-refractivity contribution in [2.45, 2.75) is 70.0 Å². The van der Waals surface area contributed by atoms with E-state index in [1.54, 1.807) is 0 Å². The van der Waals surface area contributed by atoms with Crippen LogP contribution >= 0.6 is 0 Å². The van der Waals surface area contributed by atoms with E-state index in [1.807, 2.05) is 12.4 Å². The molecule has 0 bridgehead atoms. The van der Waals surface area contributed by atoms with Gasteiger partial charge < -0.3 is 5.32 Å². The standard InChI is InChI=1S/C18H29N3/c1-2-11-20-16-5-7-17(8-6-16)21-14-3-4-18(21)15-9-12-19-13-10-15/h9-10,12-13,16-18,20H,2-8,11,14H2,1H3. The van der Waals surface area contributed by atoms with Gasteiger partial charge in [0.05, 0.1) is 0 Å². The number of hydrogen-bond donors (Lipinski definition) is 1. The lowest BCUT2D eigenvalue weighted by atomic mass is 9.89. The summed E-state index contributed by atoms with van der Waals surface area (Å²) in [6.45, 7) is 4.71. The van der Waals surface area contributed by atoms with Crippen LogP contribution in [0.5, 0.6) is 0 Å². The smallest absolute Gasteiger partial charge is 0.0352 e. The molecule has 2 heterocycles. The molecule has 0 spiro atoms. The molecule has 3 heteroatoms. The average molecular weight is 287 g/mol. The zero-order valence-electron chi connectivity index (χ0n) is 13.3. The van der Waals surface area contributed by atoms with E-state index in [4.69, 9.17) is 0 Å². The zero-order chi connectivity index (χ0) is 14.5. The fourth-order valence-corrected chi connectivity index (χ4v) is 4.13. The quantitative estimate of drug-likeness (QED) is 0.898. The van der Waals surface area contributed by atoms with Crippen molar-refractivity contribution in [3.8, 4) is 0 Å². The van der Waals surface area contributed by atoms with Crippen LogP contribution in [0.15, 0.2) is 24.5 Å². The number of likely N-dealkylation sites (tertiary alicyclic amines) is 1. The molecule has 1 unspecified atom stereocenters. The van der Waals surface area contributed by atoms with E-state index in [2.05, 4.69) is 34.3 Å². The molecule has 2 fully saturated rings. The molecule has 1 saturated carbocycles. The normalized spacial score (nSPS) is 30.6. The van der Waals surface area contributed by atoms with Crippen LogP contribution in [0.1, 0.15) is 63.5 Å². The molecule has 3 nitrogen and oxygen atoms in total. The Morgan fingerprint density at radius 2 is 1.90 bits per heavy atom. The fraction of sp³-hybridized carbons (Fsp3) is 0.722. The summed E-state index contributed by atoms with van der Waals surface area (Å²) < 4.78 is 0. The van der Waals surface area contributed by atoms with E-state index < -0.39 is 0 Å². The highest BCUT2D eigenvalue weighted by Crippen LogP contribution is 2.37. The Bertz CT molecular complexity index is 412. The van der Waals surface area contributed by atoms with E-state index in [9.17, 15) is 0 Å². The number of rotatable bonds is 5. The molecule has 3 rings (SSSR count). The second-order valence-electron chi connectivity index (χ2n) is 6.64. The monoisotopic (exact) mass is 287 g/mol. The van der Waals surface area contributed by atoms with E-state index in [1.165, 1.54) is 63.6 Å². The number of hydrogen-bond acceptors (Lipinski definition) is 3. The third-order valence-corrected chi connectivity index (χ3v) is 5.23. The highest BCUT2D eigenvalue weighted by atomic mass is 15.2. The Morgan fingerprint density at radius 1 is 1.14 bits per heavy atom. The first-order chi connectivity index (χ1) is 10.4. The summed E-state index contributed by atoms with van der Waals surface area (Å²) in [6, 6.07) is 6.61. The van der Waals surface area contributed by atoms with Crippen molar-refractivity contribution in [3.05, 3.63) is 30.1 Å². The molecule has 1 atom stereocenters. The summed E-state index contributed by atoms with van der Waals surface area (Å²) in [7, 11) is 0. The van der Waals surface area contributed by atoms with Gasteiger partial charge in [0.2, 0.25) is 0 Å². The Labute approximate surface area is 129 Å². The Hall–Kier alpha value is -0.930. The molecule has 1 aromatic heterocycles. The van der Waals surface area contributed by atoms with Crippen LogP contribution in [0, 0.1) is 0 Å². The predicted molar refractivity (Wildman–Crippen MR) is 87.3 cm³/mol. The number of nitrogens with zero attached hydrogens (tertiary/aromatic N) is 2. The van der Waals surface area contributed by atoms with Gasteiger partial charge in [0, 0.05) is 30.5 Å². The van der Waals surface area contributed by atoms with Gasteiger partial charge in [0.25, 0.3) is 0 Å². The van der Waals surface area contributed by atoms with E-state index in [-0.39, 0.29) is 0 Å². The van der Waals surface area contributed by atoms with Crippen LogP contribution in [0.3, 0.4) is 0 Å². The van der Waals surface area contributed by atoms with Crippen molar-refractivity contribution < 1.29 is 0 Å². The van der Waals surface area contributed by atoms with Crippen molar-refractivity contribution in [3.63, 3.8) is 0 Å². The van der Waals surface area contributed by atoms with Gasteiger partial charge in [-0.15, -0.1) is 0 Å². The summed E-state index contributed by atoms with van der Waals surface area (Å²) in [5.74, 6) is 0. The lowest BCUT2D eigenvalue weighted by Crippen LogP contribution is -2.42. The highest BCUT2D eigenvalue weighted by molar-refractivity contribution is 5.17. The summed E-state index contributed by atoms with van der Waals surface area (Å²) in [5.41, 5.74) is 1.47. The first-order valence-electron chi connectivity index (χ1n) is 8.77. The highest BCUT2D eigenvalue weighted by Gasteiger charge is 2.33. The lowest BCUT2D eigenvalue weighted by molar-refractivity contribution is 0.131. The van der Waals surface area contributed by atoms with E-state index in [0.29, 0.717) is 6.04 Å². The molecule has 1 aliphatic heterocycles. The SMILES string of the molecule is CCCNC1CCC(N2CCCC2c2ccncc2)CC1. The van der Waals surface area contributed by atoms with Crippen LogP contribution < -0.4 is 5.32 Å². The molecule has 2 aliphatic rings. The number of nitrogens with one attached hydrogen (secondary N) is 1. The van der Waals surface area contributed by atoms with E-state index >= 15 is 0 Å². The molecule has 0 aromatic carbocycles. The van der Waals surface area contributed by atoms with Crippen LogP contribution in [-0.2, 0) is 0 Å². The maximum absolute atomic E-state index is 4.17. The summed E-state index contributed by atoms with van der Waals surface area (Å²) in [6.07, 6.45) is 13.2. The molecule has 1 aromatic rings. The van der Waals surface area contributed by atoms with Gasteiger partial charge in [-0.05, 0) is 75.7 Å². The largest absolute Gasteiger partial charge is 0.314 e. The Kier molecular flexibility index (Phi) is 5.26. The maximum atomic E-state index is 4.17. The van der Waals surface area contributed by atoms with Gasteiger partial charge in [-0.1, -0.05) is 6.92 Å². The van der Waals surface area contributed by atoms with Gasteiger partial charge in [-0.2, -0.15) is 0 Å². The lowest BCUT2D eigenvalue weighted by Gasteiger charge is -2.38. The predicted octanol–water partition coefficient (Wildman–Crippen LogP) is 3.53. The number of aromatic nitrogens is 1. The summed E-state index contributed by atoms with van der Waals surface area (Å²) in [5, 5.41) is 3.70. The Balaban J connectivity index is 1.57. The van der Waals surface area contributed by atoms with Gasteiger partial charge in [0.1, 0.15) is 0 Å². The average Bonchev–Trinajstić information content (AvgIpc) is 3.04. The minimum atomic E-state index is 0.637. The van der Waals surface area contributed by atoms with Gasteiger partial charge >= 0.3 is 0 Å². The molecular formula is C18H29N3. The van der Waals surface area contributed by atoms with Crippen molar-refractivity contribution in [2.75, 3.05) is 13.1 Å². The molecule has 116 valence electrons. The topological polar surface area (TPSA) is 28.2 Å². The molecular weight excluding hydrogens is 258 g/mol. The minimum absolute atomic E-state index is 0.637. The second-order valence-corrected chi connectivity index (χ2v) is 6.64. The first kappa shape index (κ1) is 15.0. The molecule has 1 N–H and O–H groups in total. The van der Waals surface area contributed by atoms with Crippen LogP contribution in [0.4, 0.5) is 0 Å².